The average Bonchev–Trinajstić information content (AvgIpc) is 3.49. The summed E-state index contributed by atoms with van der Waals surface area (Å²) in [6.07, 6.45) is 4.51. The van der Waals surface area contributed by atoms with Gasteiger partial charge in [-0.2, -0.15) is 9.40 Å². The van der Waals surface area contributed by atoms with E-state index in [0.29, 0.717) is 32.0 Å². The summed E-state index contributed by atoms with van der Waals surface area (Å²) in [5, 5.41) is 7.22. The van der Waals surface area contributed by atoms with Crippen LogP contribution < -0.4 is 10.2 Å². The number of morpholine rings is 1. The highest BCUT2D eigenvalue weighted by molar-refractivity contribution is 7.89. The minimum absolute atomic E-state index is 0.0896. The summed E-state index contributed by atoms with van der Waals surface area (Å²) in [6, 6.07) is 5.02. The van der Waals surface area contributed by atoms with Gasteiger partial charge in [0.05, 0.1) is 35.7 Å². The van der Waals surface area contributed by atoms with Crippen LogP contribution in [0.3, 0.4) is 0 Å². The zero-order valence-corrected chi connectivity index (χ0v) is 19.6. The molecule has 2 aliphatic rings. The molecule has 9 nitrogen and oxygen atoms in total. The Kier molecular flexibility index (Phi) is 6.55. The molecule has 0 radical (unpaired) electrons. The molecule has 2 aromatic rings. The van der Waals surface area contributed by atoms with Gasteiger partial charge in [0.2, 0.25) is 15.9 Å². The van der Waals surface area contributed by atoms with Crippen LogP contribution in [0.2, 0.25) is 0 Å². The van der Waals surface area contributed by atoms with E-state index in [4.69, 9.17) is 4.74 Å². The van der Waals surface area contributed by atoms with Crippen molar-refractivity contribution in [3.63, 3.8) is 0 Å². The number of carbonyl (C=O) groups excluding carboxylic acids is 1. The molecule has 2 fully saturated rings. The lowest BCUT2D eigenvalue weighted by Gasteiger charge is -2.28. The van der Waals surface area contributed by atoms with Gasteiger partial charge in [0.1, 0.15) is 0 Å². The van der Waals surface area contributed by atoms with E-state index in [1.807, 2.05) is 27.1 Å². The number of ether oxygens (including phenoxy) is 1. The minimum atomic E-state index is -3.66. The smallest absolute Gasteiger partial charge is 0.243 e. The van der Waals surface area contributed by atoms with E-state index in [1.165, 1.54) is 4.31 Å². The number of hydrogen-bond acceptors (Lipinski definition) is 6. The second kappa shape index (κ2) is 9.21. The third-order valence-electron chi connectivity index (χ3n) is 6.22. The molecule has 4 rings (SSSR count). The lowest BCUT2D eigenvalue weighted by atomic mass is 10.2. The molecule has 1 amide bonds. The SMILES string of the molecule is CCN(CC)c1ccc(S(=O)(=O)N2CCOCC2)cc1NC(=O)[C@H]1C[C@@H]1c1cnn(C)c1. The Morgan fingerprint density at radius 3 is 2.59 bits per heavy atom. The third kappa shape index (κ3) is 4.53. The normalized spacial score (nSPS) is 21.3. The van der Waals surface area contributed by atoms with Crippen LogP contribution in [-0.2, 0) is 26.6 Å². The van der Waals surface area contributed by atoms with Gasteiger partial charge in [-0.25, -0.2) is 8.42 Å². The van der Waals surface area contributed by atoms with Gasteiger partial charge in [-0.3, -0.25) is 9.48 Å². The van der Waals surface area contributed by atoms with Gasteiger partial charge < -0.3 is 15.0 Å². The number of anilines is 2. The van der Waals surface area contributed by atoms with Gasteiger partial charge in [-0.05, 0) is 49.9 Å². The Balaban J connectivity index is 1.59. The minimum Gasteiger partial charge on any atom is -0.379 e. The van der Waals surface area contributed by atoms with Crippen molar-refractivity contribution in [2.24, 2.45) is 13.0 Å². The van der Waals surface area contributed by atoms with Crippen molar-refractivity contribution in [2.75, 3.05) is 49.6 Å². The van der Waals surface area contributed by atoms with Gasteiger partial charge in [-0.15, -0.1) is 0 Å². The van der Waals surface area contributed by atoms with Crippen LogP contribution in [0.1, 0.15) is 31.7 Å². The van der Waals surface area contributed by atoms with E-state index in [0.717, 1.165) is 30.8 Å². The van der Waals surface area contributed by atoms with Gasteiger partial charge in [0, 0.05) is 45.3 Å². The van der Waals surface area contributed by atoms with E-state index in [2.05, 4.69) is 15.3 Å². The summed E-state index contributed by atoms with van der Waals surface area (Å²) in [5.41, 5.74) is 2.41. The first-order chi connectivity index (χ1) is 15.3. The quantitative estimate of drug-likeness (QED) is 0.646. The number of nitrogens with one attached hydrogen (secondary N) is 1. The van der Waals surface area contributed by atoms with E-state index in [1.54, 1.807) is 29.1 Å². The molecule has 1 N–H and O–H groups in total. The fourth-order valence-electron chi connectivity index (χ4n) is 4.26. The molecule has 1 aliphatic carbocycles. The fraction of sp³-hybridized carbons (Fsp3) is 0.545. The lowest BCUT2D eigenvalue weighted by molar-refractivity contribution is -0.117. The molecular formula is C22H31N5O4S. The maximum atomic E-state index is 13.2. The zero-order chi connectivity index (χ0) is 22.9. The average molecular weight is 462 g/mol. The second-order valence-electron chi connectivity index (χ2n) is 8.25. The molecule has 1 aromatic carbocycles. The Hall–Kier alpha value is -2.43. The third-order valence-corrected chi connectivity index (χ3v) is 8.11. The first kappa shape index (κ1) is 22.8. The van der Waals surface area contributed by atoms with Crippen molar-refractivity contribution in [2.45, 2.75) is 31.1 Å². The molecule has 2 heterocycles. The predicted molar refractivity (Wildman–Crippen MR) is 122 cm³/mol. The first-order valence-corrected chi connectivity index (χ1v) is 12.6. The Labute approximate surface area is 189 Å². The standard InChI is InChI=1S/C22H31N5O4S/c1-4-26(5-2)21-7-6-17(32(29,30)27-8-10-31-11-9-27)12-20(21)24-22(28)19-13-18(19)16-14-23-25(3)15-16/h6-7,12,14-15,18-19H,4-5,8-11,13H2,1-3H3,(H,24,28)/t18-,19+/m1/s1. The van der Waals surface area contributed by atoms with Crippen LogP contribution in [0.5, 0.6) is 0 Å². The summed E-state index contributed by atoms with van der Waals surface area (Å²) in [4.78, 5) is 15.3. The molecule has 174 valence electrons. The molecule has 1 saturated carbocycles. The molecule has 32 heavy (non-hydrogen) atoms. The van der Waals surface area contributed by atoms with Gasteiger partial charge >= 0.3 is 0 Å². The van der Waals surface area contributed by atoms with E-state index >= 15 is 0 Å². The first-order valence-electron chi connectivity index (χ1n) is 11.1. The van der Waals surface area contributed by atoms with Crippen molar-refractivity contribution in [1.82, 2.24) is 14.1 Å². The Morgan fingerprint density at radius 2 is 1.97 bits per heavy atom. The lowest BCUT2D eigenvalue weighted by Crippen LogP contribution is -2.40. The fourth-order valence-corrected chi connectivity index (χ4v) is 5.70. The maximum absolute atomic E-state index is 13.2. The topological polar surface area (TPSA) is 96.8 Å². The van der Waals surface area contributed by atoms with Crippen molar-refractivity contribution < 1.29 is 17.9 Å². The van der Waals surface area contributed by atoms with Gasteiger partial charge in [0.25, 0.3) is 0 Å². The molecule has 0 spiro atoms. The number of rotatable bonds is 8. The van der Waals surface area contributed by atoms with Crippen molar-refractivity contribution in [3.05, 3.63) is 36.2 Å². The van der Waals surface area contributed by atoms with Crippen LogP contribution in [0.15, 0.2) is 35.5 Å². The zero-order valence-electron chi connectivity index (χ0n) is 18.8. The molecule has 10 heteroatoms. The number of carbonyl (C=O) groups is 1. The van der Waals surface area contributed by atoms with Crippen LogP contribution in [0.4, 0.5) is 11.4 Å². The number of aryl methyl sites for hydroxylation is 1. The van der Waals surface area contributed by atoms with Crippen molar-refractivity contribution in [3.8, 4) is 0 Å². The van der Waals surface area contributed by atoms with Gasteiger partial charge in [0.15, 0.2) is 0 Å². The highest BCUT2D eigenvalue weighted by Crippen LogP contribution is 2.48. The Morgan fingerprint density at radius 1 is 1.25 bits per heavy atom. The summed E-state index contributed by atoms with van der Waals surface area (Å²) in [7, 11) is -1.80. The number of benzene rings is 1. The summed E-state index contributed by atoms with van der Waals surface area (Å²) < 4.78 is 34.8. The number of sulfonamides is 1. The highest BCUT2D eigenvalue weighted by Gasteiger charge is 2.45. The molecule has 1 saturated heterocycles. The summed E-state index contributed by atoms with van der Waals surface area (Å²) in [6.45, 7) is 7.00. The number of hydrogen-bond donors (Lipinski definition) is 1. The van der Waals surface area contributed by atoms with Crippen LogP contribution in [0, 0.1) is 5.92 Å². The molecular weight excluding hydrogens is 430 g/mol. The summed E-state index contributed by atoms with van der Waals surface area (Å²) >= 11 is 0. The van der Waals surface area contributed by atoms with Crippen molar-refractivity contribution in [1.29, 1.82) is 0 Å². The number of amides is 1. The van der Waals surface area contributed by atoms with Gasteiger partial charge in [-0.1, -0.05) is 0 Å². The molecule has 0 bridgehead atoms. The van der Waals surface area contributed by atoms with E-state index in [-0.39, 0.29) is 22.6 Å². The highest BCUT2D eigenvalue weighted by atomic mass is 32.2. The van der Waals surface area contributed by atoms with Crippen LogP contribution in [0.25, 0.3) is 0 Å². The van der Waals surface area contributed by atoms with E-state index < -0.39 is 10.0 Å². The number of aromatic nitrogens is 2. The molecule has 2 atom stereocenters. The van der Waals surface area contributed by atoms with Crippen molar-refractivity contribution >= 4 is 27.3 Å². The number of nitrogens with zero attached hydrogens (tertiary/aromatic N) is 4. The van der Waals surface area contributed by atoms with Crippen LogP contribution in [-0.4, -0.2) is 67.8 Å². The monoisotopic (exact) mass is 461 g/mol. The molecule has 1 aromatic heterocycles. The Bertz CT molecular complexity index is 1070. The second-order valence-corrected chi connectivity index (χ2v) is 10.2. The molecule has 0 unspecified atom stereocenters. The predicted octanol–water partition coefficient (Wildman–Crippen LogP) is 2.03. The largest absolute Gasteiger partial charge is 0.379 e. The van der Waals surface area contributed by atoms with Crippen LogP contribution >= 0.6 is 0 Å². The van der Waals surface area contributed by atoms with E-state index in [9.17, 15) is 13.2 Å². The maximum Gasteiger partial charge on any atom is 0.243 e. The molecule has 1 aliphatic heterocycles. The summed E-state index contributed by atoms with van der Waals surface area (Å²) in [5.74, 6) is -0.0719.